The molecule has 0 aliphatic heterocycles. The van der Waals surface area contributed by atoms with Gasteiger partial charge in [-0.15, -0.1) is 10.2 Å². The standard InChI is InChI=1S/C19H18N4O/c1-13-8-9-16(12-14(13)2)20-18-11-10-17(22-23-18)19(24)21-15-6-4-3-5-7-15/h3-12H,1-2H3,(H,20,23)(H,21,24). The number of carbonyl (C=O) groups excluding carboxylic acids is 1. The molecule has 0 saturated heterocycles. The molecule has 0 unspecified atom stereocenters. The third kappa shape index (κ3) is 3.76. The number of hydrogen-bond donors (Lipinski definition) is 2. The molecule has 120 valence electrons. The van der Waals surface area contributed by atoms with E-state index in [1.54, 1.807) is 12.1 Å². The number of benzene rings is 2. The maximum Gasteiger partial charge on any atom is 0.276 e. The molecule has 2 N–H and O–H groups in total. The molecule has 0 aliphatic carbocycles. The molecule has 0 radical (unpaired) electrons. The van der Waals surface area contributed by atoms with Gasteiger partial charge in [-0.3, -0.25) is 4.79 Å². The lowest BCUT2D eigenvalue weighted by Gasteiger charge is -2.08. The zero-order valence-electron chi connectivity index (χ0n) is 13.6. The van der Waals surface area contributed by atoms with Gasteiger partial charge < -0.3 is 10.6 Å². The second kappa shape index (κ2) is 6.91. The van der Waals surface area contributed by atoms with E-state index >= 15 is 0 Å². The largest absolute Gasteiger partial charge is 0.339 e. The molecule has 0 saturated carbocycles. The Hall–Kier alpha value is -3.21. The summed E-state index contributed by atoms with van der Waals surface area (Å²) in [5.74, 6) is 0.306. The first kappa shape index (κ1) is 15.7. The summed E-state index contributed by atoms with van der Waals surface area (Å²) in [7, 11) is 0. The van der Waals surface area contributed by atoms with Crippen LogP contribution < -0.4 is 10.6 Å². The highest BCUT2D eigenvalue weighted by Crippen LogP contribution is 2.18. The van der Waals surface area contributed by atoms with Gasteiger partial charge in [-0.1, -0.05) is 24.3 Å². The van der Waals surface area contributed by atoms with Crippen molar-refractivity contribution in [1.29, 1.82) is 0 Å². The fourth-order valence-electron chi connectivity index (χ4n) is 2.20. The van der Waals surface area contributed by atoms with Crippen molar-refractivity contribution < 1.29 is 4.79 Å². The topological polar surface area (TPSA) is 66.9 Å². The van der Waals surface area contributed by atoms with Gasteiger partial charge in [-0.2, -0.15) is 0 Å². The second-order valence-electron chi connectivity index (χ2n) is 5.55. The fraction of sp³-hybridized carbons (Fsp3) is 0.105. The Balaban J connectivity index is 1.68. The summed E-state index contributed by atoms with van der Waals surface area (Å²) in [6.45, 7) is 4.13. The predicted octanol–water partition coefficient (Wildman–Crippen LogP) is 4.09. The predicted molar refractivity (Wildman–Crippen MR) is 95.6 cm³/mol. The van der Waals surface area contributed by atoms with Gasteiger partial charge >= 0.3 is 0 Å². The molecule has 1 aromatic heterocycles. The van der Waals surface area contributed by atoms with E-state index in [0.717, 1.165) is 11.4 Å². The molecule has 1 heterocycles. The average Bonchev–Trinajstić information content (AvgIpc) is 2.60. The Kier molecular flexibility index (Phi) is 4.52. The van der Waals surface area contributed by atoms with Crippen molar-refractivity contribution in [3.8, 4) is 0 Å². The van der Waals surface area contributed by atoms with E-state index in [9.17, 15) is 4.79 Å². The number of amides is 1. The number of aryl methyl sites for hydroxylation is 2. The molecule has 3 aromatic rings. The summed E-state index contributed by atoms with van der Waals surface area (Å²) < 4.78 is 0. The number of para-hydroxylation sites is 1. The summed E-state index contributed by atoms with van der Waals surface area (Å²) in [5.41, 5.74) is 4.37. The van der Waals surface area contributed by atoms with E-state index in [1.807, 2.05) is 48.5 Å². The number of carbonyl (C=O) groups is 1. The van der Waals surface area contributed by atoms with Gasteiger partial charge in [0.2, 0.25) is 0 Å². The fourth-order valence-corrected chi connectivity index (χ4v) is 2.20. The van der Waals surface area contributed by atoms with Crippen LogP contribution in [0.3, 0.4) is 0 Å². The van der Waals surface area contributed by atoms with Crippen LogP contribution in [0.1, 0.15) is 21.6 Å². The van der Waals surface area contributed by atoms with Gasteiger partial charge in [0.05, 0.1) is 0 Å². The SMILES string of the molecule is Cc1ccc(Nc2ccc(C(=O)Nc3ccccc3)nn2)cc1C. The van der Waals surface area contributed by atoms with Crippen LogP contribution in [0, 0.1) is 13.8 Å². The lowest BCUT2D eigenvalue weighted by atomic mass is 10.1. The van der Waals surface area contributed by atoms with E-state index in [1.165, 1.54) is 11.1 Å². The molecule has 2 aromatic carbocycles. The van der Waals surface area contributed by atoms with Gasteiger partial charge in [0.25, 0.3) is 5.91 Å². The van der Waals surface area contributed by atoms with Crippen molar-refractivity contribution in [2.24, 2.45) is 0 Å². The zero-order chi connectivity index (χ0) is 16.9. The van der Waals surface area contributed by atoms with E-state index < -0.39 is 0 Å². The normalized spacial score (nSPS) is 10.2. The maximum atomic E-state index is 12.1. The maximum absolute atomic E-state index is 12.1. The Morgan fingerprint density at radius 3 is 2.29 bits per heavy atom. The molecule has 5 heteroatoms. The molecule has 0 spiro atoms. The minimum atomic E-state index is -0.286. The van der Waals surface area contributed by atoms with Crippen molar-refractivity contribution >= 4 is 23.1 Å². The molecule has 0 aliphatic rings. The highest BCUT2D eigenvalue weighted by Gasteiger charge is 2.08. The van der Waals surface area contributed by atoms with Crippen LogP contribution in [-0.4, -0.2) is 16.1 Å². The highest BCUT2D eigenvalue weighted by molar-refractivity contribution is 6.02. The molecule has 5 nitrogen and oxygen atoms in total. The van der Waals surface area contributed by atoms with Crippen molar-refractivity contribution in [3.05, 3.63) is 77.5 Å². The van der Waals surface area contributed by atoms with Crippen LogP contribution in [0.4, 0.5) is 17.2 Å². The number of nitrogens with one attached hydrogen (secondary N) is 2. The minimum absolute atomic E-state index is 0.268. The van der Waals surface area contributed by atoms with Crippen molar-refractivity contribution in [2.45, 2.75) is 13.8 Å². The molecule has 0 bridgehead atoms. The van der Waals surface area contributed by atoms with Crippen molar-refractivity contribution in [3.63, 3.8) is 0 Å². The van der Waals surface area contributed by atoms with Gasteiger partial charge in [-0.05, 0) is 61.4 Å². The quantitative estimate of drug-likeness (QED) is 0.760. The summed E-state index contributed by atoms with van der Waals surface area (Å²) in [6, 6.07) is 18.7. The molecule has 3 rings (SSSR count). The van der Waals surface area contributed by atoms with Gasteiger partial charge in [0.1, 0.15) is 0 Å². The van der Waals surface area contributed by atoms with E-state index in [0.29, 0.717) is 5.82 Å². The molecule has 0 fully saturated rings. The summed E-state index contributed by atoms with van der Waals surface area (Å²) in [5, 5.41) is 14.0. The smallest absolute Gasteiger partial charge is 0.276 e. The van der Waals surface area contributed by atoms with E-state index in [4.69, 9.17) is 0 Å². The average molecular weight is 318 g/mol. The third-order valence-corrected chi connectivity index (χ3v) is 3.71. The third-order valence-electron chi connectivity index (χ3n) is 3.71. The lowest BCUT2D eigenvalue weighted by molar-refractivity contribution is 0.102. The van der Waals surface area contributed by atoms with Crippen LogP contribution in [0.5, 0.6) is 0 Å². The second-order valence-corrected chi connectivity index (χ2v) is 5.55. The number of aromatic nitrogens is 2. The first-order chi connectivity index (χ1) is 11.6. The van der Waals surface area contributed by atoms with Crippen molar-refractivity contribution in [2.75, 3.05) is 10.6 Å². The number of rotatable bonds is 4. The summed E-state index contributed by atoms with van der Waals surface area (Å²) in [4.78, 5) is 12.1. The van der Waals surface area contributed by atoms with Crippen molar-refractivity contribution in [1.82, 2.24) is 10.2 Å². The Bertz CT molecular complexity index is 845. The van der Waals surface area contributed by atoms with Crippen LogP contribution in [0.25, 0.3) is 0 Å². The molecule has 1 amide bonds. The van der Waals surface area contributed by atoms with E-state index in [2.05, 4.69) is 34.7 Å². The van der Waals surface area contributed by atoms with Gasteiger partial charge in [0, 0.05) is 11.4 Å². The number of nitrogens with zero attached hydrogens (tertiary/aromatic N) is 2. The first-order valence-corrected chi connectivity index (χ1v) is 7.66. The minimum Gasteiger partial charge on any atom is -0.339 e. The molecular weight excluding hydrogens is 300 g/mol. The number of hydrogen-bond acceptors (Lipinski definition) is 4. The van der Waals surface area contributed by atoms with E-state index in [-0.39, 0.29) is 11.6 Å². The number of anilines is 3. The monoisotopic (exact) mass is 318 g/mol. The van der Waals surface area contributed by atoms with Crippen LogP contribution in [0.2, 0.25) is 0 Å². The van der Waals surface area contributed by atoms with Crippen LogP contribution in [0.15, 0.2) is 60.7 Å². The lowest BCUT2D eigenvalue weighted by Crippen LogP contribution is -2.14. The molecular formula is C19H18N4O. The summed E-state index contributed by atoms with van der Waals surface area (Å²) >= 11 is 0. The Morgan fingerprint density at radius 1 is 0.833 bits per heavy atom. The molecule has 0 atom stereocenters. The molecule has 24 heavy (non-hydrogen) atoms. The van der Waals surface area contributed by atoms with Gasteiger partial charge in [0.15, 0.2) is 11.5 Å². The Labute approximate surface area is 140 Å². The highest BCUT2D eigenvalue weighted by atomic mass is 16.1. The summed E-state index contributed by atoms with van der Waals surface area (Å²) in [6.07, 6.45) is 0. The van der Waals surface area contributed by atoms with Crippen LogP contribution in [-0.2, 0) is 0 Å². The van der Waals surface area contributed by atoms with Gasteiger partial charge in [-0.25, -0.2) is 0 Å². The first-order valence-electron chi connectivity index (χ1n) is 7.66. The van der Waals surface area contributed by atoms with Crippen LogP contribution >= 0.6 is 0 Å². The zero-order valence-corrected chi connectivity index (χ0v) is 13.6. The Morgan fingerprint density at radius 2 is 1.62 bits per heavy atom.